The van der Waals surface area contributed by atoms with Gasteiger partial charge in [-0.3, -0.25) is 0 Å². The lowest BCUT2D eigenvalue weighted by Gasteiger charge is -2.18. The van der Waals surface area contributed by atoms with Crippen molar-refractivity contribution in [3.05, 3.63) is 0 Å². The molecule has 0 atom stereocenters. The van der Waals surface area contributed by atoms with Gasteiger partial charge in [0.05, 0.1) is 0 Å². The Morgan fingerprint density at radius 1 is 1.56 bits per heavy atom. The van der Waals surface area contributed by atoms with Crippen LogP contribution in [0.5, 0.6) is 0 Å². The Labute approximate surface area is 60.5 Å². The molecule has 0 saturated heterocycles. The average Bonchev–Trinajstić information content (AvgIpc) is 1.59. The van der Waals surface area contributed by atoms with Crippen molar-refractivity contribution in [1.82, 2.24) is 5.48 Å². The van der Waals surface area contributed by atoms with Gasteiger partial charge in [0.15, 0.2) is 0 Å². The third-order valence-electron chi connectivity index (χ3n) is 0.458. The van der Waals surface area contributed by atoms with Crippen LogP contribution in [0, 0.1) is 0 Å². The third kappa shape index (κ3) is 7.65. The first-order valence-electron chi connectivity index (χ1n) is 2.65. The van der Waals surface area contributed by atoms with Crippen LogP contribution in [0.2, 0.25) is 0 Å². The van der Waals surface area contributed by atoms with Gasteiger partial charge >= 0.3 is 0 Å². The van der Waals surface area contributed by atoms with Gasteiger partial charge in [-0.1, -0.05) is 0 Å². The fourth-order valence-corrected chi connectivity index (χ4v) is 0.245. The maximum atomic E-state index is 5.05. The molecular weight excluding hydrogens is 136 g/mol. The highest BCUT2D eigenvalue weighted by molar-refractivity contribution is 7.79. The summed E-state index contributed by atoms with van der Waals surface area (Å²) < 4.78 is 0. The second-order valence-corrected chi connectivity index (χ2v) is 3.18. The summed E-state index contributed by atoms with van der Waals surface area (Å²) in [5.41, 5.74) is 7.59. The predicted octanol–water partition coefficient (Wildman–Crippen LogP) is 0.550. The number of rotatable bonds is 1. The quantitative estimate of drug-likeness (QED) is 0.421. The molecular formula is C5H12N2OS. The van der Waals surface area contributed by atoms with E-state index in [2.05, 4.69) is 22.5 Å². The number of hydroxylamine groups is 1. The summed E-state index contributed by atoms with van der Waals surface area (Å²) in [5, 5.41) is 0.0184. The lowest BCUT2D eigenvalue weighted by Crippen LogP contribution is -2.38. The fraction of sp³-hybridized carbons (Fsp3) is 0.800. The van der Waals surface area contributed by atoms with Crippen LogP contribution >= 0.6 is 12.2 Å². The van der Waals surface area contributed by atoms with E-state index in [1.807, 2.05) is 20.8 Å². The molecule has 0 rings (SSSR count). The van der Waals surface area contributed by atoms with E-state index >= 15 is 0 Å². The molecule has 54 valence electrons. The van der Waals surface area contributed by atoms with Crippen molar-refractivity contribution >= 4 is 17.4 Å². The van der Waals surface area contributed by atoms with E-state index in [0.29, 0.717) is 0 Å². The van der Waals surface area contributed by atoms with Gasteiger partial charge in [0.1, 0.15) is 0 Å². The van der Waals surface area contributed by atoms with Crippen LogP contribution < -0.4 is 11.2 Å². The first-order valence-corrected chi connectivity index (χ1v) is 3.06. The standard InChI is InChI=1S/C5H12N2OS/c1-5(2,3)7-8-4(6)9/h7H,1-3H3,(H2,6,9). The Morgan fingerprint density at radius 3 is 2.11 bits per heavy atom. The molecule has 0 aromatic heterocycles. The number of thiocarbonyl (C=S) groups is 1. The first kappa shape index (κ1) is 8.65. The van der Waals surface area contributed by atoms with Crippen LogP contribution in [-0.4, -0.2) is 10.7 Å². The molecule has 0 spiro atoms. The van der Waals surface area contributed by atoms with Crippen molar-refractivity contribution in [2.24, 2.45) is 5.73 Å². The van der Waals surface area contributed by atoms with E-state index in [4.69, 9.17) is 5.73 Å². The Morgan fingerprint density at radius 2 is 2.00 bits per heavy atom. The maximum Gasteiger partial charge on any atom is 0.275 e. The molecule has 0 aromatic carbocycles. The molecule has 3 N–H and O–H groups in total. The van der Waals surface area contributed by atoms with Crippen LogP contribution in [0.4, 0.5) is 0 Å². The third-order valence-corrected chi connectivity index (χ3v) is 0.541. The minimum absolute atomic E-state index is 0.0184. The van der Waals surface area contributed by atoms with Gasteiger partial charge < -0.3 is 10.6 Å². The molecule has 0 aromatic rings. The van der Waals surface area contributed by atoms with Crippen molar-refractivity contribution in [1.29, 1.82) is 0 Å². The normalized spacial score (nSPS) is 11.0. The molecule has 0 unspecified atom stereocenters. The van der Waals surface area contributed by atoms with Crippen molar-refractivity contribution < 1.29 is 4.84 Å². The molecule has 3 nitrogen and oxygen atoms in total. The molecule has 0 aliphatic carbocycles. The Kier molecular flexibility index (Phi) is 2.87. The van der Waals surface area contributed by atoms with Crippen molar-refractivity contribution in [2.45, 2.75) is 26.3 Å². The second kappa shape index (κ2) is 2.98. The highest BCUT2D eigenvalue weighted by Gasteiger charge is 2.08. The van der Waals surface area contributed by atoms with Gasteiger partial charge in [-0.15, -0.1) is 5.48 Å². The highest BCUT2D eigenvalue weighted by atomic mass is 32.1. The molecule has 0 bridgehead atoms. The van der Waals surface area contributed by atoms with E-state index in [1.54, 1.807) is 0 Å². The topological polar surface area (TPSA) is 47.3 Å². The largest absolute Gasteiger partial charge is 0.378 e. The van der Waals surface area contributed by atoms with Gasteiger partial charge in [0.2, 0.25) is 0 Å². The minimum atomic E-state index is -0.108. The highest BCUT2D eigenvalue weighted by Crippen LogP contribution is 1.96. The molecule has 0 aliphatic heterocycles. The van der Waals surface area contributed by atoms with Gasteiger partial charge in [-0.2, -0.15) is 0 Å². The van der Waals surface area contributed by atoms with Gasteiger partial charge in [0, 0.05) is 5.54 Å². The number of hydrogen-bond donors (Lipinski definition) is 2. The molecule has 0 amide bonds. The molecule has 0 aliphatic rings. The first-order chi connectivity index (χ1) is 3.92. The Balaban J connectivity index is 3.39. The molecule has 4 heteroatoms. The predicted molar refractivity (Wildman–Crippen MR) is 40.8 cm³/mol. The van der Waals surface area contributed by atoms with Crippen LogP contribution in [0.15, 0.2) is 0 Å². The van der Waals surface area contributed by atoms with Crippen LogP contribution in [0.25, 0.3) is 0 Å². The summed E-state index contributed by atoms with van der Waals surface area (Å²) in [4.78, 5) is 4.67. The molecule has 0 saturated carbocycles. The van der Waals surface area contributed by atoms with Gasteiger partial charge in [-0.25, -0.2) is 0 Å². The zero-order chi connectivity index (χ0) is 7.49. The summed E-state index contributed by atoms with van der Waals surface area (Å²) in [6.45, 7) is 5.85. The molecule has 0 fully saturated rings. The Hall–Kier alpha value is -0.350. The SMILES string of the molecule is CC(C)(C)NOC(N)=S. The fourth-order valence-electron chi connectivity index (χ4n) is 0.203. The lowest BCUT2D eigenvalue weighted by molar-refractivity contribution is 0.108. The summed E-state index contributed by atoms with van der Waals surface area (Å²) in [7, 11) is 0. The zero-order valence-corrected chi connectivity index (χ0v) is 6.71. The van der Waals surface area contributed by atoms with Crippen LogP contribution in [-0.2, 0) is 4.84 Å². The Bertz CT molecular complexity index is 108. The summed E-state index contributed by atoms with van der Waals surface area (Å²) in [6, 6.07) is 0. The molecule has 0 heterocycles. The van der Waals surface area contributed by atoms with Gasteiger partial charge in [-0.05, 0) is 33.0 Å². The summed E-state index contributed by atoms with van der Waals surface area (Å²) >= 11 is 4.46. The van der Waals surface area contributed by atoms with Crippen molar-refractivity contribution in [3.63, 3.8) is 0 Å². The lowest BCUT2D eigenvalue weighted by atomic mass is 10.1. The monoisotopic (exact) mass is 148 g/mol. The van der Waals surface area contributed by atoms with Crippen molar-refractivity contribution in [3.8, 4) is 0 Å². The number of nitrogens with two attached hydrogens (primary N) is 1. The maximum absolute atomic E-state index is 5.05. The number of hydrogen-bond acceptors (Lipinski definition) is 3. The smallest absolute Gasteiger partial charge is 0.275 e. The van der Waals surface area contributed by atoms with E-state index < -0.39 is 0 Å². The average molecular weight is 148 g/mol. The van der Waals surface area contributed by atoms with E-state index in [1.165, 1.54) is 0 Å². The molecule has 0 radical (unpaired) electrons. The summed E-state index contributed by atoms with van der Waals surface area (Å²) in [5.74, 6) is 0. The summed E-state index contributed by atoms with van der Waals surface area (Å²) in [6.07, 6.45) is 0. The zero-order valence-electron chi connectivity index (χ0n) is 5.89. The molecule has 9 heavy (non-hydrogen) atoms. The van der Waals surface area contributed by atoms with E-state index in [9.17, 15) is 0 Å². The van der Waals surface area contributed by atoms with Crippen molar-refractivity contribution in [2.75, 3.05) is 0 Å². The van der Waals surface area contributed by atoms with E-state index in [-0.39, 0.29) is 10.7 Å². The van der Waals surface area contributed by atoms with E-state index in [0.717, 1.165) is 0 Å². The van der Waals surface area contributed by atoms with Gasteiger partial charge in [0.25, 0.3) is 5.17 Å². The minimum Gasteiger partial charge on any atom is -0.378 e. The van der Waals surface area contributed by atoms with Crippen LogP contribution in [0.1, 0.15) is 20.8 Å². The second-order valence-electron chi connectivity index (χ2n) is 2.77. The number of nitrogens with one attached hydrogen (secondary N) is 1. The van der Waals surface area contributed by atoms with Crippen LogP contribution in [0.3, 0.4) is 0 Å².